The lowest BCUT2D eigenvalue weighted by molar-refractivity contribution is -0.139. The van der Waals surface area contributed by atoms with Crippen LogP contribution in [0.3, 0.4) is 0 Å². The molecule has 1 atom stereocenters. The molecule has 2 aromatic carbocycles. The number of nitrogens with two attached hydrogens (primary N) is 1. The first kappa shape index (κ1) is 15.9. The molecule has 0 spiro atoms. The van der Waals surface area contributed by atoms with Crippen molar-refractivity contribution >= 4 is 11.8 Å². The van der Waals surface area contributed by atoms with Crippen molar-refractivity contribution in [1.82, 2.24) is 0 Å². The van der Waals surface area contributed by atoms with E-state index in [4.69, 9.17) is 5.73 Å². The molecule has 0 aliphatic carbocycles. The first-order chi connectivity index (χ1) is 9.86. The van der Waals surface area contributed by atoms with E-state index in [1.165, 1.54) is 12.1 Å². The van der Waals surface area contributed by atoms with Crippen molar-refractivity contribution in [1.29, 1.82) is 0 Å². The first-order valence-corrected chi connectivity index (χ1v) is 7.36. The van der Waals surface area contributed by atoms with Crippen molar-refractivity contribution in [3.63, 3.8) is 0 Å². The Morgan fingerprint density at radius 1 is 1.10 bits per heavy atom. The summed E-state index contributed by atoms with van der Waals surface area (Å²) in [6.45, 7) is 1.78. The molecule has 0 fully saturated rings. The van der Waals surface area contributed by atoms with Gasteiger partial charge in [-0.15, -0.1) is 0 Å². The minimum absolute atomic E-state index is 0.168. The standard InChI is InChI=1S/C16H16F3NS/c1-11(20)9-12-7-8-15(14(10-12)16(17,18)19)21-13-5-3-2-4-6-13/h2-8,10-11H,9,20H2,1H3. The first-order valence-electron chi connectivity index (χ1n) is 6.55. The third kappa shape index (κ3) is 4.51. The van der Waals surface area contributed by atoms with Crippen LogP contribution in [0.4, 0.5) is 13.2 Å². The SMILES string of the molecule is CC(N)Cc1ccc(Sc2ccccc2)c(C(F)(F)F)c1. The maximum absolute atomic E-state index is 13.2. The smallest absolute Gasteiger partial charge is 0.328 e. The molecule has 1 unspecified atom stereocenters. The fraction of sp³-hybridized carbons (Fsp3) is 0.250. The molecule has 2 N–H and O–H groups in total. The second-order valence-corrected chi connectivity index (χ2v) is 6.04. The predicted octanol–water partition coefficient (Wildman–Crippen LogP) is 4.75. The monoisotopic (exact) mass is 311 g/mol. The van der Waals surface area contributed by atoms with Gasteiger partial charge in [0.05, 0.1) is 5.56 Å². The van der Waals surface area contributed by atoms with Gasteiger partial charge >= 0.3 is 6.18 Å². The van der Waals surface area contributed by atoms with Crippen LogP contribution < -0.4 is 5.73 Å². The summed E-state index contributed by atoms with van der Waals surface area (Å²) in [5.74, 6) is 0. The van der Waals surface area contributed by atoms with Crippen LogP contribution in [-0.4, -0.2) is 6.04 Å². The Balaban J connectivity index is 2.36. The molecule has 2 rings (SSSR count). The zero-order chi connectivity index (χ0) is 15.5. The number of alkyl halides is 3. The second-order valence-electron chi connectivity index (χ2n) is 4.92. The maximum atomic E-state index is 13.2. The van der Waals surface area contributed by atoms with Crippen LogP contribution in [0, 0.1) is 0 Å². The van der Waals surface area contributed by atoms with E-state index < -0.39 is 11.7 Å². The summed E-state index contributed by atoms with van der Waals surface area (Å²) in [7, 11) is 0. The van der Waals surface area contributed by atoms with Gasteiger partial charge in [-0.25, -0.2) is 0 Å². The topological polar surface area (TPSA) is 26.0 Å². The molecule has 0 radical (unpaired) electrons. The van der Waals surface area contributed by atoms with Crippen LogP contribution in [0.25, 0.3) is 0 Å². The summed E-state index contributed by atoms with van der Waals surface area (Å²) in [5, 5.41) is 0. The number of halogens is 3. The fourth-order valence-electron chi connectivity index (χ4n) is 2.00. The lowest BCUT2D eigenvalue weighted by Gasteiger charge is -2.15. The molecular weight excluding hydrogens is 295 g/mol. The average molecular weight is 311 g/mol. The summed E-state index contributed by atoms with van der Waals surface area (Å²) < 4.78 is 39.7. The highest BCUT2D eigenvalue weighted by atomic mass is 32.2. The minimum atomic E-state index is -4.37. The van der Waals surface area contributed by atoms with Gasteiger partial charge in [0.2, 0.25) is 0 Å². The Morgan fingerprint density at radius 2 is 1.76 bits per heavy atom. The number of hydrogen-bond donors (Lipinski definition) is 1. The molecule has 5 heteroatoms. The molecule has 21 heavy (non-hydrogen) atoms. The van der Waals surface area contributed by atoms with Crippen molar-refractivity contribution < 1.29 is 13.2 Å². The van der Waals surface area contributed by atoms with E-state index in [1.54, 1.807) is 37.3 Å². The third-order valence-corrected chi connectivity index (χ3v) is 3.96. The van der Waals surface area contributed by atoms with Gasteiger partial charge < -0.3 is 5.73 Å². The third-order valence-electron chi connectivity index (χ3n) is 2.88. The van der Waals surface area contributed by atoms with E-state index in [2.05, 4.69) is 0 Å². The van der Waals surface area contributed by atoms with E-state index >= 15 is 0 Å². The molecule has 0 heterocycles. The Morgan fingerprint density at radius 3 is 2.33 bits per heavy atom. The van der Waals surface area contributed by atoms with Gasteiger partial charge in [0, 0.05) is 15.8 Å². The van der Waals surface area contributed by atoms with Gasteiger partial charge in [0.25, 0.3) is 0 Å². The molecule has 0 bridgehead atoms. The van der Waals surface area contributed by atoms with Crippen LogP contribution in [-0.2, 0) is 12.6 Å². The summed E-state index contributed by atoms with van der Waals surface area (Å²) in [6.07, 6.45) is -3.94. The van der Waals surface area contributed by atoms with Gasteiger partial charge in [0.1, 0.15) is 0 Å². The molecular formula is C16H16F3NS. The molecule has 0 saturated carbocycles. The minimum Gasteiger partial charge on any atom is -0.328 e. The van der Waals surface area contributed by atoms with Gasteiger partial charge in [-0.2, -0.15) is 13.2 Å². The zero-order valence-corrected chi connectivity index (χ0v) is 12.3. The highest BCUT2D eigenvalue weighted by Gasteiger charge is 2.33. The second kappa shape index (κ2) is 6.54. The van der Waals surface area contributed by atoms with Crippen molar-refractivity contribution in [3.8, 4) is 0 Å². The maximum Gasteiger partial charge on any atom is 0.417 e. The summed E-state index contributed by atoms with van der Waals surface area (Å²) >= 11 is 1.12. The molecule has 0 aromatic heterocycles. The highest BCUT2D eigenvalue weighted by molar-refractivity contribution is 7.99. The van der Waals surface area contributed by atoms with Crippen molar-refractivity contribution in [2.45, 2.75) is 35.4 Å². The molecule has 0 amide bonds. The lowest BCUT2D eigenvalue weighted by Crippen LogP contribution is -2.18. The van der Waals surface area contributed by atoms with E-state index in [0.29, 0.717) is 12.0 Å². The van der Waals surface area contributed by atoms with Crippen molar-refractivity contribution in [2.75, 3.05) is 0 Å². The molecule has 112 valence electrons. The zero-order valence-electron chi connectivity index (χ0n) is 11.5. The quantitative estimate of drug-likeness (QED) is 0.882. The molecule has 0 aliphatic heterocycles. The van der Waals surface area contributed by atoms with Crippen molar-refractivity contribution in [3.05, 3.63) is 59.7 Å². The highest BCUT2D eigenvalue weighted by Crippen LogP contribution is 2.40. The Labute approximate surface area is 126 Å². The van der Waals surface area contributed by atoms with Crippen LogP contribution in [0.2, 0.25) is 0 Å². The number of hydrogen-bond acceptors (Lipinski definition) is 2. The summed E-state index contributed by atoms with van der Waals surface area (Å²) in [4.78, 5) is 0.991. The van der Waals surface area contributed by atoms with Gasteiger partial charge in [0.15, 0.2) is 0 Å². The van der Waals surface area contributed by atoms with E-state index in [0.717, 1.165) is 16.7 Å². The van der Waals surface area contributed by atoms with Crippen molar-refractivity contribution in [2.24, 2.45) is 5.73 Å². The largest absolute Gasteiger partial charge is 0.417 e. The normalized spacial score (nSPS) is 13.2. The fourth-order valence-corrected chi connectivity index (χ4v) is 2.97. The average Bonchev–Trinajstić information content (AvgIpc) is 2.40. The van der Waals surface area contributed by atoms with E-state index in [1.807, 2.05) is 6.07 Å². The van der Waals surface area contributed by atoms with Gasteiger partial charge in [-0.3, -0.25) is 0 Å². The number of rotatable bonds is 4. The Hall–Kier alpha value is -1.46. The van der Waals surface area contributed by atoms with Gasteiger partial charge in [-0.1, -0.05) is 36.0 Å². The summed E-state index contributed by atoms with van der Waals surface area (Å²) in [6, 6.07) is 13.3. The van der Waals surface area contributed by atoms with Crippen LogP contribution in [0.5, 0.6) is 0 Å². The predicted molar refractivity (Wildman–Crippen MR) is 79.4 cm³/mol. The molecule has 1 nitrogen and oxygen atoms in total. The lowest BCUT2D eigenvalue weighted by atomic mass is 10.0. The molecule has 0 aliphatic rings. The van der Waals surface area contributed by atoms with E-state index in [9.17, 15) is 13.2 Å². The van der Waals surface area contributed by atoms with Crippen LogP contribution >= 0.6 is 11.8 Å². The Bertz CT molecular complexity index is 594. The van der Waals surface area contributed by atoms with Crippen LogP contribution in [0.15, 0.2) is 58.3 Å². The molecule has 2 aromatic rings. The van der Waals surface area contributed by atoms with E-state index in [-0.39, 0.29) is 10.9 Å². The Kier molecular flexibility index (Phi) is 4.96. The van der Waals surface area contributed by atoms with Gasteiger partial charge in [-0.05, 0) is 43.2 Å². The summed E-state index contributed by atoms with van der Waals surface area (Å²) in [5.41, 5.74) is 5.66. The molecule has 0 saturated heterocycles. The van der Waals surface area contributed by atoms with Crippen LogP contribution in [0.1, 0.15) is 18.1 Å². The number of benzene rings is 2.